The number of halogens is 4. The molecule has 0 saturated carbocycles. The zero-order valence-electron chi connectivity index (χ0n) is 15.2. The molecule has 1 aromatic heterocycles. The third kappa shape index (κ3) is 4.99. The number of carbonyl (C=O) groups is 1. The summed E-state index contributed by atoms with van der Waals surface area (Å²) >= 11 is 0. The van der Waals surface area contributed by atoms with Crippen LogP contribution in [0.3, 0.4) is 0 Å². The summed E-state index contributed by atoms with van der Waals surface area (Å²) in [6.45, 7) is 5.63. The van der Waals surface area contributed by atoms with Crippen molar-refractivity contribution < 1.29 is 23.1 Å². The van der Waals surface area contributed by atoms with Crippen molar-refractivity contribution in [3.05, 3.63) is 52.3 Å². The van der Waals surface area contributed by atoms with Crippen molar-refractivity contribution >= 4 is 18.4 Å². The van der Waals surface area contributed by atoms with E-state index in [2.05, 4.69) is 4.98 Å². The molecule has 0 bridgehead atoms. The summed E-state index contributed by atoms with van der Waals surface area (Å²) in [5, 5.41) is 9.62. The SMILES string of the molecule is Cc1nc(CC(C)C)c(CN)c(-c2ccc(C(F)(F)F)cc2)c1C(=O)O.Cl. The number of carboxylic acid groups (broad SMARTS) is 1. The lowest BCUT2D eigenvalue weighted by Crippen LogP contribution is -2.15. The Morgan fingerprint density at radius 2 is 1.78 bits per heavy atom. The average molecular weight is 403 g/mol. The molecule has 8 heteroatoms. The van der Waals surface area contributed by atoms with Gasteiger partial charge in [-0.3, -0.25) is 4.98 Å². The first-order chi connectivity index (χ1) is 12.1. The molecule has 0 fully saturated rings. The minimum Gasteiger partial charge on any atom is -0.478 e. The molecule has 0 amide bonds. The Hall–Kier alpha value is -2.12. The molecule has 0 unspecified atom stereocenters. The number of pyridine rings is 1. The van der Waals surface area contributed by atoms with Crippen LogP contribution >= 0.6 is 12.4 Å². The highest BCUT2D eigenvalue weighted by atomic mass is 35.5. The lowest BCUT2D eigenvalue weighted by Gasteiger charge is -2.19. The summed E-state index contributed by atoms with van der Waals surface area (Å²) in [5.41, 5.74) is 7.33. The van der Waals surface area contributed by atoms with Crippen LogP contribution in [0.15, 0.2) is 24.3 Å². The summed E-state index contributed by atoms with van der Waals surface area (Å²) in [4.78, 5) is 16.2. The molecular weight excluding hydrogens is 381 g/mol. The Morgan fingerprint density at radius 3 is 2.19 bits per heavy atom. The molecule has 0 aliphatic carbocycles. The standard InChI is InChI=1S/C19H21F3N2O2.ClH/c1-10(2)8-15-14(9-23)17(16(18(25)26)11(3)24-15)12-4-6-13(7-5-12)19(20,21)22;/h4-7,10H,8-9,23H2,1-3H3,(H,25,26);1H. The summed E-state index contributed by atoms with van der Waals surface area (Å²) < 4.78 is 38.5. The molecular formula is C19H22ClF3N2O2. The highest BCUT2D eigenvalue weighted by Crippen LogP contribution is 2.35. The number of alkyl halides is 3. The highest BCUT2D eigenvalue weighted by Gasteiger charge is 2.30. The van der Waals surface area contributed by atoms with Gasteiger partial charge in [-0.1, -0.05) is 26.0 Å². The van der Waals surface area contributed by atoms with E-state index in [0.717, 1.165) is 12.1 Å². The number of nitrogens with zero attached hydrogens (tertiary/aromatic N) is 1. The fourth-order valence-electron chi connectivity index (χ4n) is 2.98. The first-order valence-corrected chi connectivity index (χ1v) is 8.19. The summed E-state index contributed by atoms with van der Waals surface area (Å²) in [7, 11) is 0. The van der Waals surface area contributed by atoms with Gasteiger partial charge in [-0.25, -0.2) is 4.79 Å². The molecule has 1 heterocycles. The van der Waals surface area contributed by atoms with Gasteiger partial charge in [0, 0.05) is 17.8 Å². The van der Waals surface area contributed by atoms with E-state index in [4.69, 9.17) is 5.73 Å². The van der Waals surface area contributed by atoms with Crippen molar-refractivity contribution in [2.24, 2.45) is 11.7 Å². The zero-order valence-corrected chi connectivity index (χ0v) is 16.0. The minimum absolute atomic E-state index is 0. The Labute approximate surface area is 162 Å². The number of hydrogen-bond donors (Lipinski definition) is 2. The predicted octanol–water partition coefficient (Wildman–Crippen LogP) is 4.85. The summed E-state index contributed by atoms with van der Waals surface area (Å²) in [6, 6.07) is 4.45. The van der Waals surface area contributed by atoms with Crippen molar-refractivity contribution in [3.63, 3.8) is 0 Å². The Kier molecular flexibility index (Phi) is 7.40. The maximum atomic E-state index is 12.8. The summed E-state index contributed by atoms with van der Waals surface area (Å²) in [6.07, 6.45) is -3.86. The molecule has 3 N–H and O–H groups in total. The fourth-order valence-corrected chi connectivity index (χ4v) is 2.98. The number of hydrogen-bond acceptors (Lipinski definition) is 3. The smallest absolute Gasteiger partial charge is 0.416 e. The third-order valence-corrected chi connectivity index (χ3v) is 4.09. The van der Waals surface area contributed by atoms with E-state index in [9.17, 15) is 23.1 Å². The molecule has 0 spiro atoms. The fraction of sp³-hybridized carbons (Fsp3) is 0.368. The van der Waals surface area contributed by atoms with Gasteiger partial charge in [-0.15, -0.1) is 12.4 Å². The molecule has 0 aliphatic heterocycles. The molecule has 27 heavy (non-hydrogen) atoms. The minimum atomic E-state index is -4.46. The molecule has 148 valence electrons. The van der Waals surface area contributed by atoms with Crippen LogP contribution < -0.4 is 5.73 Å². The van der Waals surface area contributed by atoms with Gasteiger partial charge in [0.15, 0.2) is 0 Å². The summed E-state index contributed by atoms with van der Waals surface area (Å²) in [5.74, 6) is -0.918. The molecule has 4 nitrogen and oxygen atoms in total. The molecule has 0 radical (unpaired) electrons. The van der Waals surface area contributed by atoms with E-state index in [1.807, 2.05) is 13.8 Å². The van der Waals surface area contributed by atoms with Crippen molar-refractivity contribution in [2.75, 3.05) is 0 Å². The van der Waals surface area contributed by atoms with Gasteiger partial charge in [-0.05, 0) is 42.5 Å². The van der Waals surface area contributed by atoms with Crippen LogP contribution in [-0.2, 0) is 19.1 Å². The van der Waals surface area contributed by atoms with Gasteiger partial charge in [-0.2, -0.15) is 13.2 Å². The molecule has 0 saturated heterocycles. The van der Waals surface area contributed by atoms with Gasteiger partial charge in [0.25, 0.3) is 0 Å². The Bertz CT molecular complexity index is 819. The van der Waals surface area contributed by atoms with Crippen LogP contribution in [0, 0.1) is 12.8 Å². The quantitative estimate of drug-likeness (QED) is 0.749. The van der Waals surface area contributed by atoms with Crippen molar-refractivity contribution in [1.29, 1.82) is 0 Å². The van der Waals surface area contributed by atoms with Crippen molar-refractivity contribution in [3.8, 4) is 11.1 Å². The third-order valence-electron chi connectivity index (χ3n) is 4.09. The first kappa shape index (κ1) is 22.9. The van der Waals surface area contributed by atoms with Crippen LogP contribution in [0.5, 0.6) is 0 Å². The van der Waals surface area contributed by atoms with Gasteiger partial charge >= 0.3 is 12.1 Å². The second kappa shape index (κ2) is 8.71. The molecule has 1 aromatic carbocycles. The Balaban J connectivity index is 0.00000364. The molecule has 0 atom stereocenters. The zero-order chi connectivity index (χ0) is 19.6. The average Bonchev–Trinajstić information content (AvgIpc) is 2.52. The highest BCUT2D eigenvalue weighted by molar-refractivity contribution is 5.98. The lowest BCUT2D eigenvalue weighted by molar-refractivity contribution is -0.137. The van der Waals surface area contributed by atoms with Crippen LogP contribution in [0.1, 0.15) is 46.7 Å². The van der Waals surface area contributed by atoms with E-state index in [-0.39, 0.29) is 30.4 Å². The lowest BCUT2D eigenvalue weighted by atomic mass is 9.89. The Morgan fingerprint density at radius 1 is 1.22 bits per heavy atom. The number of nitrogens with two attached hydrogens (primary N) is 1. The van der Waals surface area contributed by atoms with E-state index in [0.29, 0.717) is 34.5 Å². The number of aryl methyl sites for hydroxylation is 1. The van der Waals surface area contributed by atoms with E-state index in [1.54, 1.807) is 6.92 Å². The normalized spacial score (nSPS) is 11.4. The molecule has 0 aliphatic rings. The number of aromatic nitrogens is 1. The number of benzene rings is 1. The maximum Gasteiger partial charge on any atom is 0.416 e. The predicted molar refractivity (Wildman–Crippen MR) is 100 cm³/mol. The van der Waals surface area contributed by atoms with Crippen LogP contribution in [0.2, 0.25) is 0 Å². The van der Waals surface area contributed by atoms with Crippen molar-refractivity contribution in [2.45, 2.75) is 39.9 Å². The number of carboxylic acids is 1. The number of rotatable bonds is 5. The van der Waals surface area contributed by atoms with Crippen LogP contribution in [0.4, 0.5) is 13.2 Å². The van der Waals surface area contributed by atoms with E-state index >= 15 is 0 Å². The topological polar surface area (TPSA) is 76.2 Å². The van der Waals surface area contributed by atoms with E-state index < -0.39 is 17.7 Å². The largest absolute Gasteiger partial charge is 0.478 e. The van der Waals surface area contributed by atoms with E-state index in [1.165, 1.54) is 12.1 Å². The monoisotopic (exact) mass is 402 g/mol. The van der Waals surface area contributed by atoms with Gasteiger partial charge in [0.05, 0.1) is 16.8 Å². The van der Waals surface area contributed by atoms with Gasteiger partial charge < -0.3 is 10.8 Å². The van der Waals surface area contributed by atoms with Gasteiger partial charge in [0.1, 0.15) is 0 Å². The second-order valence-corrected chi connectivity index (χ2v) is 6.55. The second-order valence-electron chi connectivity index (χ2n) is 6.55. The van der Waals surface area contributed by atoms with Crippen LogP contribution in [0.25, 0.3) is 11.1 Å². The van der Waals surface area contributed by atoms with Crippen LogP contribution in [-0.4, -0.2) is 16.1 Å². The van der Waals surface area contributed by atoms with Gasteiger partial charge in [0.2, 0.25) is 0 Å². The first-order valence-electron chi connectivity index (χ1n) is 8.19. The van der Waals surface area contributed by atoms with Crippen molar-refractivity contribution in [1.82, 2.24) is 4.98 Å². The number of aromatic carboxylic acids is 1. The molecule has 2 rings (SSSR count). The molecule has 2 aromatic rings. The maximum absolute atomic E-state index is 12.8.